The van der Waals surface area contributed by atoms with Crippen LogP contribution in [-0.4, -0.2) is 27.5 Å². The third-order valence-corrected chi connectivity index (χ3v) is 6.32. The molecule has 0 amide bonds. The second kappa shape index (κ2) is 18.7. The summed E-state index contributed by atoms with van der Waals surface area (Å²) in [6, 6.07) is 0. The molecule has 0 heterocycles. The van der Waals surface area contributed by atoms with Gasteiger partial charge in [0.2, 0.25) is 0 Å². The number of ether oxygens (including phenoxy) is 1. The molecule has 0 spiro atoms. The number of unbranched alkanes of at least 4 members (excludes halogenated alkanes) is 12. The zero-order chi connectivity index (χ0) is 21.1. The third-order valence-electron chi connectivity index (χ3n) is 5.28. The van der Waals surface area contributed by atoms with E-state index in [-0.39, 0.29) is 5.97 Å². The summed E-state index contributed by atoms with van der Waals surface area (Å²) in [6.07, 6.45) is 21.8. The third kappa shape index (κ3) is 20.4. The summed E-state index contributed by atoms with van der Waals surface area (Å²) < 4.78 is 11.1. The van der Waals surface area contributed by atoms with Crippen molar-refractivity contribution >= 4 is 14.3 Å². The van der Waals surface area contributed by atoms with E-state index in [2.05, 4.69) is 31.3 Å². The highest BCUT2D eigenvalue weighted by molar-refractivity contribution is 6.69. The minimum absolute atomic E-state index is 0.0746. The van der Waals surface area contributed by atoms with Gasteiger partial charge in [-0.25, -0.2) is 0 Å². The van der Waals surface area contributed by atoms with Crippen molar-refractivity contribution in [2.45, 2.75) is 142 Å². The summed E-state index contributed by atoms with van der Waals surface area (Å²) in [5.41, 5.74) is 0. The Kier molecular flexibility index (Phi) is 18.4. The molecular weight excluding hydrogens is 364 g/mol. The molecule has 1 unspecified atom stereocenters. The van der Waals surface area contributed by atoms with Gasteiger partial charge < -0.3 is 9.16 Å². The molecule has 0 saturated carbocycles. The first-order valence-corrected chi connectivity index (χ1v) is 15.5. The fraction of sp³-hybridized carbons (Fsp3) is 0.958. The van der Waals surface area contributed by atoms with Crippen LogP contribution >= 0.6 is 0 Å². The molecular formula is C24H50O3Si. The zero-order valence-electron chi connectivity index (χ0n) is 19.8. The molecule has 0 aliphatic heterocycles. The summed E-state index contributed by atoms with van der Waals surface area (Å²) in [5.74, 6) is -0.0746. The molecule has 0 rings (SSSR count). The van der Waals surface area contributed by atoms with Crippen LogP contribution in [0.3, 0.4) is 0 Å². The lowest BCUT2D eigenvalue weighted by Gasteiger charge is -2.26. The summed E-state index contributed by atoms with van der Waals surface area (Å²) in [7, 11) is 0.0203. The summed E-state index contributed by atoms with van der Waals surface area (Å²) >= 11 is 0. The maximum atomic E-state index is 11.1. The number of hydrogen-bond donors (Lipinski definition) is 0. The maximum Gasteiger partial charge on any atom is 0.305 e. The Hall–Kier alpha value is -0.353. The summed E-state index contributed by atoms with van der Waals surface area (Å²) in [5, 5.41) is 0. The van der Waals surface area contributed by atoms with E-state index in [1.807, 2.05) is 0 Å². The van der Waals surface area contributed by atoms with E-state index in [9.17, 15) is 4.79 Å². The molecule has 0 aliphatic rings. The highest BCUT2D eigenvalue weighted by Crippen LogP contribution is 2.20. The van der Waals surface area contributed by atoms with Crippen LogP contribution < -0.4 is 0 Å². The normalized spacial score (nSPS) is 12.9. The van der Waals surface area contributed by atoms with Gasteiger partial charge in [-0.15, -0.1) is 0 Å². The van der Waals surface area contributed by atoms with Crippen LogP contribution in [0.25, 0.3) is 0 Å². The van der Waals surface area contributed by atoms with Gasteiger partial charge >= 0.3 is 5.97 Å². The Labute approximate surface area is 177 Å². The Bertz CT molecular complexity index is 352. The van der Waals surface area contributed by atoms with E-state index in [4.69, 9.17) is 4.43 Å². The van der Waals surface area contributed by atoms with Gasteiger partial charge in [0.15, 0.2) is 8.32 Å². The number of rotatable bonds is 20. The molecule has 1 atom stereocenters. The van der Waals surface area contributed by atoms with E-state index >= 15 is 0 Å². The van der Waals surface area contributed by atoms with Gasteiger partial charge in [0.1, 0.15) is 0 Å². The molecule has 0 bridgehead atoms. The second-order valence-corrected chi connectivity index (χ2v) is 13.8. The van der Waals surface area contributed by atoms with Crippen LogP contribution in [0.4, 0.5) is 0 Å². The average Bonchev–Trinajstić information content (AvgIpc) is 2.64. The predicted octanol–water partition coefficient (Wildman–Crippen LogP) is 8.03. The maximum absolute atomic E-state index is 11.1. The van der Waals surface area contributed by atoms with Gasteiger partial charge in [-0.1, -0.05) is 90.4 Å². The second-order valence-electron chi connectivity index (χ2n) is 9.35. The van der Waals surface area contributed by atoms with Gasteiger partial charge in [0.05, 0.1) is 7.11 Å². The van der Waals surface area contributed by atoms with Crippen LogP contribution in [0.1, 0.15) is 116 Å². The minimum Gasteiger partial charge on any atom is -0.469 e. The molecule has 0 aromatic carbocycles. The van der Waals surface area contributed by atoms with Crippen molar-refractivity contribution in [3.05, 3.63) is 0 Å². The van der Waals surface area contributed by atoms with Crippen LogP contribution in [-0.2, 0) is 14.0 Å². The van der Waals surface area contributed by atoms with Crippen molar-refractivity contribution in [3.63, 3.8) is 0 Å². The summed E-state index contributed by atoms with van der Waals surface area (Å²) in [4.78, 5) is 11.1. The molecule has 4 heteroatoms. The van der Waals surface area contributed by atoms with E-state index in [1.54, 1.807) is 0 Å². The van der Waals surface area contributed by atoms with Gasteiger partial charge in [-0.05, 0) is 38.9 Å². The predicted molar refractivity (Wildman–Crippen MR) is 124 cm³/mol. The van der Waals surface area contributed by atoms with E-state index in [0.29, 0.717) is 12.5 Å². The van der Waals surface area contributed by atoms with Crippen molar-refractivity contribution in [2.24, 2.45) is 0 Å². The van der Waals surface area contributed by atoms with Crippen molar-refractivity contribution in [2.75, 3.05) is 7.11 Å². The molecule has 0 aliphatic carbocycles. The van der Waals surface area contributed by atoms with Crippen LogP contribution in [0.2, 0.25) is 19.6 Å². The fourth-order valence-corrected chi connectivity index (χ4v) is 4.95. The molecule has 0 fully saturated rings. The Morgan fingerprint density at radius 3 is 1.57 bits per heavy atom. The first kappa shape index (κ1) is 27.6. The number of carbonyl (C=O) groups is 1. The van der Waals surface area contributed by atoms with Crippen molar-refractivity contribution in [1.82, 2.24) is 0 Å². The van der Waals surface area contributed by atoms with E-state index in [1.165, 1.54) is 97.0 Å². The van der Waals surface area contributed by atoms with Crippen molar-refractivity contribution in [1.29, 1.82) is 0 Å². The lowest BCUT2D eigenvalue weighted by molar-refractivity contribution is -0.140. The zero-order valence-corrected chi connectivity index (χ0v) is 20.8. The van der Waals surface area contributed by atoms with Gasteiger partial charge in [-0.2, -0.15) is 0 Å². The molecule has 0 N–H and O–H groups in total. The molecule has 168 valence electrons. The van der Waals surface area contributed by atoms with Gasteiger partial charge in [0, 0.05) is 12.5 Å². The van der Waals surface area contributed by atoms with Crippen molar-refractivity contribution < 1.29 is 14.0 Å². The largest absolute Gasteiger partial charge is 0.469 e. The van der Waals surface area contributed by atoms with Crippen molar-refractivity contribution in [3.8, 4) is 0 Å². The van der Waals surface area contributed by atoms with Gasteiger partial charge in [0.25, 0.3) is 0 Å². The Morgan fingerprint density at radius 1 is 0.714 bits per heavy atom. The van der Waals surface area contributed by atoms with E-state index < -0.39 is 8.32 Å². The molecule has 0 aromatic rings. The number of hydrogen-bond acceptors (Lipinski definition) is 3. The first-order chi connectivity index (χ1) is 13.4. The first-order valence-electron chi connectivity index (χ1n) is 12.1. The smallest absolute Gasteiger partial charge is 0.305 e. The average molecular weight is 415 g/mol. The molecule has 0 radical (unpaired) electrons. The molecule has 0 saturated heterocycles. The Balaban J connectivity index is 3.75. The highest BCUT2D eigenvalue weighted by atomic mass is 28.4. The van der Waals surface area contributed by atoms with Crippen LogP contribution in [0, 0.1) is 0 Å². The lowest BCUT2D eigenvalue weighted by atomic mass is 10.0. The molecule has 0 aromatic heterocycles. The topological polar surface area (TPSA) is 35.5 Å². The molecule has 28 heavy (non-hydrogen) atoms. The van der Waals surface area contributed by atoms with Gasteiger partial charge in [-0.3, -0.25) is 4.79 Å². The monoisotopic (exact) mass is 414 g/mol. The quantitative estimate of drug-likeness (QED) is 0.115. The Morgan fingerprint density at radius 2 is 1.14 bits per heavy atom. The molecule has 3 nitrogen and oxygen atoms in total. The minimum atomic E-state index is -1.45. The summed E-state index contributed by atoms with van der Waals surface area (Å²) in [6.45, 7) is 9.24. The van der Waals surface area contributed by atoms with E-state index in [0.717, 1.165) is 12.8 Å². The number of esters is 1. The van der Waals surface area contributed by atoms with Crippen LogP contribution in [0.15, 0.2) is 0 Å². The standard InChI is InChI=1S/C24H50O3Si/c1-6-7-8-9-11-14-17-20-23(27-28(3,4)5)21-18-15-12-10-13-16-19-22-24(25)26-2/h23H,6-22H2,1-5H3. The number of methoxy groups -OCH3 is 1. The number of carbonyl (C=O) groups excluding carboxylic acids is 1. The lowest BCUT2D eigenvalue weighted by Crippen LogP contribution is -2.32. The fourth-order valence-electron chi connectivity index (χ4n) is 3.72. The van der Waals surface area contributed by atoms with Crippen LogP contribution in [0.5, 0.6) is 0 Å². The highest BCUT2D eigenvalue weighted by Gasteiger charge is 2.20. The SMILES string of the molecule is CCCCCCCCCC(CCCCCCCCCC(=O)OC)O[Si](C)(C)C.